The van der Waals surface area contributed by atoms with E-state index in [0.29, 0.717) is 18.8 Å². The van der Waals surface area contributed by atoms with Gasteiger partial charge in [0.25, 0.3) is 0 Å². The van der Waals surface area contributed by atoms with Gasteiger partial charge < -0.3 is 4.74 Å². The number of nitrogens with zero attached hydrogens (tertiary/aromatic N) is 1. The number of rotatable bonds is 4. The van der Waals surface area contributed by atoms with Crippen molar-refractivity contribution in [2.24, 2.45) is 0 Å². The first-order chi connectivity index (χ1) is 9.52. The molecule has 0 aliphatic rings. The summed E-state index contributed by atoms with van der Waals surface area (Å²) in [6, 6.07) is 8.34. The van der Waals surface area contributed by atoms with E-state index in [4.69, 9.17) is 4.74 Å². The number of aryl methyl sites for hydroxylation is 2. The molecule has 1 aromatic heterocycles. The van der Waals surface area contributed by atoms with Crippen molar-refractivity contribution in [3.8, 4) is 0 Å². The molecule has 0 N–H and O–H groups in total. The third-order valence-electron chi connectivity index (χ3n) is 3.53. The number of benzene rings is 1. The van der Waals surface area contributed by atoms with Crippen molar-refractivity contribution in [3.05, 3.63) is 41.1 Å². The Kier molecular flexibility index (Phi) is 4.38. The molecule has 3 nitrogen and oxygen atoms in total. The summed E-state index contributed by atoms with van der Waals surface area (Å²) < 4.78 is 4.72. The van der Waals surface area contributed by atoms with Gasteiger partial charge in [-0.05, 0) is 36.5 Å². The van der Waals surface area contributed by atoms with E-state index in [1.807, 2.05) is 6.92 Å². The molecule has 0 spiro atoms. The predicted molar refractivity (Wildman–Crippen MR) is 80.9 cm³/mol. The Labute approximate surface area is 120 Å². The minimum atomic E-state index is -0.173. The fraction of sp³-hybridized carbons (Fsp3) is 0.412. The molecular weight excluding hydrogens is 250 g/mol. The van der Waals surface area contributed by atoms with Gasteiger partial charge in [0.15, 0.2) is 0 Å². The van der Waals surface area contributed by atoms with Crippen LogP contribution in [-0.2, 0) is 16.0 Å². The molecule has 0 amide bonds. The molecule has 20 heavy (non-hydrogen) atoms. The van der Waals surface area contributed by atoms with E-state index in [1.54, 1.807) is 0 Å². The maximum Gasteiger partial charge on any atom is 0.305 e. The fourth-order valence-corrected chi connectivity index (χ4v) is 2.50. The highest BCUT2D eigenvalue weighted by molar-refractivity contribution is 5.86. The first-order valence-electron chi connectivity index (χ1n) is 6.99. The Morgan fingerprint density at radius 1 is 1.35 bits per heavy atom. The molecule has 0 saturated carbocycles. The second-order valence-electron chi connectivity index (χ2n) is 5.40. The first kappa shape index (κ1) is 14.5. The lowest BCUT2D eigenvalue weighted by molar-refractivity contribution is -0.140. The van der Waals surface area contributed by atoms with E-state index in [1.165, 1.54) is 18.2 Å². The van der Waals surface area contributed by atoms with Gasteiger partial charge in [-0.3, -0.25) is 9.78 Å². The van der Waals surface area contributed by atoms with Crippen LogP contribution in [0.2, 0.25) is 0 Å². The summed E-state index contributed by atoms with van der Waals surface area (Å²) >= 11 is 0. The molecular formula is C17H21NO2. The average molecular weight is 271 g/mol. The van der Waals surface area contributed by atoms with Gasteiger partial charge in [0.1, 0.15) is 0 Å². The second kappa shape index (κ2) is 6.04. The number of aromatic nitrogens is 1. The lowest BCUT2D eigenvalue weighted by Gasteiger charge is -2.13. The lowest BCUT2D eigenvalue weighted by Crippen LogP contribution is -2.03. The van der Waals surface area contributed by atoms with Crippen LogP contribution in [0.5, 0.6) is 0 Å². The third kappa shape index (κ3) is 2.98. The van der Waals surface area contributed by atoms with Gasteiger partial charge in [0, 0.05) is 17.5 Å². The zero-order valence-electron chi connectivity index (χ0n) is 12.6. The number of pyridine rings is 1. The van der Waals surface area contributed by atoms with Gasteiger partial charge in [0.2, 0.25) is 0 Å². The van der Waals surface area contributed by atoms with Crippen molar-refractivity contribution >= 4 is 16.9 Å². The van der Waals surface area contributed by atoms with E-state index in [0.717, 1.165) is 16.6 Å². The number of methoxy groups -OCH3 is 1. The molecule has 0 saturated heterocycles. The first-order valence-corrected chi connectivity index (χ1v) is 6.99. The number of esters is 1. The monoisotopic (exact) mass is 271 g/mol. The van der Waals surface area contributed by atoms with Crippen LogP contribution < -0.4 is 0 Å². The van der Waals surface area contributed by atoms with Gasteiger partial charge >= 0.3 is 5.97 Å². The van der Waals surface area contributed by atoms with Crippen molar-refractivity contribution in [3.63, 3.8) is 0 Å². The van der Waals surface area contributed by atoms with E-state index >= 15 is 0 Å². The Balaban J connectivity index is 2.49. The number of carbonyl (C=O) groups excluding carboxylic acids is 1. The van der Waals surface area contributed by atoms with Crippen LogP contribution in [0.1, 0.15) is 43.0 Å². The molecule has 0 bridgehead atoms. The molecule has 0 unspecified atom stereocenters. The maximum atomic E-state index is 11.3. The van der Waals surface area contributed by atoms with Gasteiger partial charge in [-0.2, -0.15) is 0 Å². The molecule has 1 aromatic carbocycles. The number of ether oxygens (including phenoxy) is 1. The highest BCUT2D eigenvalue weighted by Gasteiger charge is 2.11. The van der Waals surface area contributed by atoms with E-state index < -0.39 is 0 Å². The molecule has 2 rings (SSSR count). The Morgan fingerprint density at radius 3 is 2.75 bits per heavy atom. The summed E-state index contributed by atoms with van der Waals surface area (Å²) in [6.45, 7) is 6.35. The maximum absolute atomic E-state index is 11.3. The lowest BCUT2D eigenvalue weighted by atomic mass is 9.95. The van der Waals surface area contributed by atoms with Crippen molar-refractivity contribution in [1.29, 1.82) is 0 Å². The minimum Gasteiger partial charge on any atom is -0.469 e. The molecule has 0 aliphatic carbocycles. The normalized spacial score (nSPS) is 11.1. The molecule has 2 aromatic rings. The van der Waals surface area contributed by atoms with E-state index in [9.17, 15) is 4.79 Å². The van der Waals surface area contributed by atoms with Crippen molar-refractivity contribution in [2.75, 3.05) is 7.11 Å². The van der Waals surface area contributed by atoms with Gasteiger partial charge in [-0.15, -0.1) is 0 Å². The molecule has 0 radical (unpaired) electrons. The van der Waals surface area contributed by atoms with Crippen LogP contribution in [0.3, 0.4) is 0 Å². The molecule has 106 valence electrons. The van der Waals surface area contributed by atoms with Crippen LogP contribution in [0, 0.1) is 6.92 Å². The number of hydrogen-bond donors (Lipinski definition) is 0. The number of hydrogen-bond acceptors (Lipinski definition) is 3. The molecule has 0 atom stereocenters. The number of fused-ring (bicyclic) bond motifs is 1. The summed E-state index contributed by atoms with van der Waals surface area (Å²) in [4.78, 5) is 16.0. The average Bonchev–Trinajstić information content (AvgIpc) is 2.43. The SMILES string of the molecule is COC(=O)CCc1cc(C)nc2c(C(C)C)cccc12. The third-order valence-corrected chi connectivity index (χ3v) is 3.53. The quantitative estimate of drug-likeness (QED) is 0.795. The minimum absolute atomic E-state index is 0.173. The summed E-state index contributed by atoms with van der Waals surface area (Å²) in [5.74, 6) is 0.258. The Hall–Kier alpha value is -1.90. The second-order valence-corrected chi connectivity index (χ2v) is 5.40. The fourth-order valence-electron chi connectivity index (χ4n) is 2.50. The van der Waals surface area contributed by atoms with Crippen LogP contribution in [0.15, 0.2) is 24.3 Å². The van der Waals surface area contributed by atoms with E-state index in [-0.39, 0.29) is 5.97 Å². The molecule has 1 heterocycles. The Bertz CT molecular complexity index is 632. The van der Waals surface area contributed by atoms with Crippen LogP contribution >= 0.6 is 0 Å². The number of para-hydroxylation sites is 1. The van der Waals surface area contributed by atoms with Crippen LogP contribution in [0.25, 0.3) is 10.9 Å². The predicted octanol–water partition coefficient (Wildman–Crippen LogP) is 3.77. The highest BCUT2D eigenvalue weighted by atomic mass is 16.5. The van der Waals surface area contributed by atoms with Crippen LogP contribution in [-0.4, -0.2) is 18.1 Å². The van der Waals surface area contributed by atoms with Gasteiger partial charge in [-0.1, -0.05) is 32.0 Å². The molecule has 0 fully saturated rings. The zero-order valence-corrected chi connectivity index (χ0v) is 12.6. The topological polar surface area (TPSA) is 39.2 Å². The summed E-state index contributed by atoms with van der Waals surface area (Å²) in [6.07, 6.45) is 1.09. The Morgan fingerprint density at radius 2 is 2.10 bits per heavy atom. The summed E-state index contributed by atoms with van der Waals surface area (Å²) in [5, 5.41) is 1.14. The summed E-state index contributed by atoms with van der Waals surface area (Å²) in [5.41, 5.74) is 4.47. The largest absolute Gasteiger partial charge is 0.469 e. The van der Waals surface area contributed by atoms with Gasteiger partial charge in [-0.25, -0.2) is 0 Å². The van der Waals surface area contributed by atoms with Crippen molar-refractivity contribution in [1.82, 2.24) is 4.98 Å². The van der Waals surface area contributed by atoms with Crippen LogP contribution in [0.4, 0.5) is 0 Å². The van der Waals surface area contributed by atoms with Crippen molar-refractivity contribution < 1.29 is 9.53 Å². The highest BCUT2D eigenvalue weighted by Crippen LogP contribution is 2.27. The van der Waals surface area contributed by atoms with Gasteiger partial charge in [0.05, 0.1) is 12.6 Å². The summed E-state index contributed by atoms with van der Waals surface area (Å²) in [7, 11) is 1.43. The number of carbonyl (C=O) groups is 1. The molecule has 3 heteroatoms. The van der Waals surface area contributed by atoms with E-state index in [2.05, 4.69) is 43.1 Å². The standard InChI is InChI=1S/C17H21NO2/c1-11(2)14-6-5-7-15-13(8-9-16(19)20-4)10-12(3)18-17(14)15/h5-7,10-11H,8-9H2,1-4H3. The van der Waals surface area contributed by atoms with Crippen molar-refractivity contribution in [2.45, 2.75) is 39.5 Å². The smallest absolute Gasteiger partial charge is 0.305 e. The molecule has 0 aliphatic heterocycles. The zero-order chi connectivity index (χ0) is 14.7.